The topological polar surface area (TPSA) is 230 Å². The number of phosphoric ester groups is 1. The molecule has 0 fully saturated rings. The molecule has 4 atom stereocenters. The van der Waals surface area contributed by atoms with E-state index in [9.17, 15) is 29.1 Å². The largest absolute Gasteiger partial charge is 0.483 e. The molecule has 0 aromatic carbocycles. The maximum atomic E-state index is 12.1. The lowest BCUT2D eigenvalue weighted by Crippen LogP contribution is -2.35. The van der Waals surface area contributed by atoms with Crippen LogP contribution in [0.5, 0.6) is 0 Å². The third kappa shape index (κ3) is 86.6. The summed E-state index contributed by atoms with van der Waals surface area (Å²) in [6.45, 7) is 26.2. The van der Waals surface area contributed by atoms with E-state index in [2.05, 4.69) is 82.3 Å². The summed E-state index contributed by atoms with van der Waals surface area (Å²) in [5.41, 5.74) is -1.30. The Morgan fingerprint density at radius 2 is 1.02 bits per heavy atom. The zero-order valence-corrected chi connectivity index (χ0v) is 61.9. The average Bonchev–Trinajstić information content (AvgIpc) is 2.15. The molecule has 0 rings (SSSR count). The minimum absolute atomic E-state index is 0.0160. The van der Waals surface area contributed by atoms with Crippen LogP contribution >= 0.6 is 44.4 Å². The van der Waals surface area contributed by atoms with E-state index in [1.165, 1.54) is 199 Å². The smallest absolute Gasteiger partial charge is 0.472 e. The van der Waals surface area contributed by atoms with E-state index in [0.29, 0.717) is 12.8 Å². The second-order valence-corrected chi connectivity index (χ2v) is 28.4. The number of aliphatic hydroxyl groups excluding tert-OH is 2. The molecule has 0 aromatic rings. The zero-order chi connectivity index (χ0) is 67.6. The third-order valence-electron chi connectivity index (χ3n) is 15.1. The highest BCUT2D eigenvalue weighted by molar-refractivity contribution is 8.41. The van der Waals surface area contributed by atoms with Gasteiger partial charge in [0.15, 0.2) is 0 Å². The number of carboxylic acid groups (broad SMARTS) is 1. The molecule has 0 saturated heterocycles. The Labute approximate surface area is 552 Å². The molecule has 0 aliphatic heterocycles. The van der Waals surface area contributed by atoms with Crippen molar-refractivity contribution in [1.82, 2.24) is 5.32 Å². The number of nitrogens with one attached hydrogen (secondary N) is 1. The molecule has 4 unspecified atom stereocenters. The number of carbonyl (C=O) groups is 4. The molecule has 14 nitrogen and oxygen atoms in total. The van der Waals surface area contributed by atoms with Crippen molar-refractivity contribution in [3.8, 4) is 6.07 Å². The van der Waals surface area contributed by atoms with E-state index < -0.39 is 18.7 Å². The number of rotatable bonds is 53. The number of aliphatic hydroxyl groups is 2. The van der Waals surface area contributed by atoms with Crippen LogP contribution in [0, 0.1) is 39.9 Å². The summed E-state index contributed by atoms with van der Waals surface area (Å²) in [6.07, 6.45) is 50.5. The first kappa shape index (κ1) is 99.1. The highest BCUT2D eigenvalue weighted by Crippen LogP contribution is 2.43. The van der Waals surface area contributed by atoms with Crippen molar-refractivity contribution in [3.63, 3.8) is 0 Å². The van der Waals surface area contributed by atoms with Crippen molar-refractivity contribution < 1.29 is 57.7 Å². The van der Waals surface area contributed by atoms with Gasteiger partial charge >= 0.3 is 7.82 Å². The van der Waals surface area contributed by atoms with Gasteiger partial charge in [0.1, 0.15) is 16.1 Å². The number of thiocarbonyl (C=S) groups is 1. The van der Waals surface area contributed by atoms with E-state index in [0.717, 1.165) is 67.4 Å². The van der Waals surface area contributed by atoms with Crippen LogP contribution in [0.3, 0.4) is 0 Å². The van der Waals surface area contributed by atoms with Gasteiger partial charge in [-0.05, 0) is 69.0 Å². The first-order chi connectivity index (χ1) is 41.6. The molecule has 5 N–H and O–H groups in total. The van der Waals surface area contributed by atoms with Crippen molar-refractivity contribution >= 4 is 72.9 Å². The fraction of sp³-hybridized carbons (Fsp3) is 0.913. The number of ether oxygens (including phenoxy) is 1. The molecule has 0 saturated carbocycles. The summed E-state index contributed by atoms with van der Waals surface area (Å²) in [4.78, 5) is 51.6. The number of thiol groups is 1. The van der Waals surface area contributed by atoms with Crippen LogP contribution in [-0.2, 0) is 37.5 Å². The molecule has 0 radical (unpaired) electrons. The van der Waals surface area contributed by atoms with Gasteiger partial charge in [0, 0.05) is 51.7 Å². The van der Waals surface area contributed by atoms with E-state index >= 15 is 0 Å². The fourth-order valence-corrected chi connectivity index (χ4v) is 10.5. The highest BCUT2D eigenvalue weighted by Gasteiger charge is 2.38. The molecule has 0 heterocycles. The van der Waals surface area contributed by atoms with Crippen molar-refractivity contribution in [2.45, 2.75) is 327 Å². The van der Waals surface area contributed by atoms with Crippen LogP contribution in [-0.4, -0.2) is 101 Å². The Hall–Kier alpha value is -1.45. The van der Waals surface area contributed by atoms with Gasteiger partial charge in [-0.15, -0.1) is 24.4 Å². The molecule has 522 valence electrons. The number of nitriles is 1. The van der Waals surface area contributed by atoms with Crippen molar-refractivity contribution in [1.29, 1.82) is 5.26 Å². The van der Waals surface area contributed by atoms with Gasteiger partial charge in [0.25, 0.3) is 6.47 Å². The van der Waals surface area contributed by atoms with E-state index in [4.69, 9.17) is 29.4 Å². The molecule has 18 heteroatoms. The Balaban J connectivity index is -0.000000195. The van der Waals surface area contributed by atoms with E-state index in [-0.39, 0.29) is 63.4 Å². The number of hydrogen-bond donors (Lipinski definition) is 6. The van der Waals surface area contributed by atoms with Crippen LogP contribution in [0.2, 0.25) is 0 Å². The maximum absolute atomic E-state index is 12.1. The van der Waals surface area contributed by atoms with Crippen molar-refractivity contribution in [2.24, 2.45) is 28.6 Å². The number of thioether (sulfide) groups is 1. The standard InChI is InChI=1S/C20H37N2O7P.C18H36O.C18H38.C8H18O.C3H6S3.CH2O2.CH4O/c1-16(2)20(5,15-24)13-17(3)19(4,14-21)8-7-18(25)22-9-12-29-30(26,27)28-11-6-10-23;1-2-3-4-5-6-7-8-9-10-11-12-13-14-15-16-17-18-19;1-3-5-7-9-11-13-15-17-18-16-14-12-10-8-6-4-2;1-4-6-9-7-5-8(2)3;1-2-6-3(4)5;2-1-3;1-2/h15-17,23H,6-13H2,1-5H3,(H,22,25)(H,26,27);18H,2-17H2,1H3;3-18H2,1-2H3;8H,4-7H2,1-3H3;2H2,1H3,(H,4,5);1H,(H,2,3);2H,1H3. The first-order valence-corrected chi connectivity index (χ1v) is 37.7. The minimum Gasteiger partial charge on any atom is -0.483 e. The summed E-state index contributed by atoms with van der Waals surface area (Å²) < 4.78 is 26.9. The summed E-state index contributed by atoms with van der Waals surface area (Å²) in [6, 6.07) is 2.31. The van der Waals surface area contributed by atoms with E-state index in [1.54, 1.807) is 18.7 Å². The summed E-state index contributed by atoms with van der Waals surface area (Å²) in [7, 11) is -3.21. The first-order valence-electron chi connectivity index (χ1n) is 34.4. The summed E-state index contributed by atoms with van der Waals surface area (Å²) in [5, 5.41) is 34.8. The number of aldehydes is 2. The van der Waals surface area contributed by atoms with Gasteiger partial charge in [-0.25, -0.2) is 4.57 Å². The van der Waals surface area contributed by atoms with Crippen LogP contribution < -0.4 is 5.32 Å². The van der Waals surface area contributed by atoms with E-state index in [1.807, 2.05) is 34.6 Å². The van der Waals surface area contributed by atoms with Gasteiger partial charge in [0.05, 0.1) is 24.7 Å². The normalized spacial score (nSPS) is 12.9. The minimum atomic E-state index is -4.21. The molecule has 87 heavy (non-hydrogen) atoms. The molecule has 0 aliphatic rings. The SMILES string of the molecule is CC(CC(C)(C=O)C(C)C)C(C)(C#N)CCC(=O)NCCOP(=O)(O)OCCCO.CCCCCCCCCCCCCCCCCC.CCCCCCCCCCCCCCCCCC=O.CCCOCCC(C)C.CCSC(=S)S.CO.O=CO. The molecular formula is C69H141N2O12PS3. The Morgan fingerprint density at radius 3 is 1.31 bits per heavy atom. The second-order valence-electron chi connectivity index (χ2n) is 23.9. The number of phosphoric acid groups is 1. The van der Waals surface area contributed by atoms with Crippen molar-refractivity contribution in [2.75, 3.05) is 52.4 Å². The number of hydrogen-bond acceptors (Lipinski definition) is 13. The van der Waals surface area contributed by atoms with Gasteiger partial charge in [0.2, 0.25) is 5.91 Å². The second kappa shape index (κ2) is 80.6. The quantitative estimate of drug-likeness (QED) is 0.0109. The van der Waals surface area contributed by atoms with Crippen LogP contribution in [0.1, 0.15) is 327 Å². The molecule has 0 bridgehead atoms. The van der Waals surface area contributed by atoms with Crippen LogP contribution in [0.4, 0.5) is 0 Å². The zero-order valence-electron chi connectivity index (χ0n) is 58.5. The van der Waals surface area contributed by atoms with Gasteiger partial charge < -0.3 is 39.9 Å². The predicted octanol–water partition coefficient (Wildman–Crippen LogP) is 20.3. The van der Waals surface area contributed by atoms with Crippen molar-refractivity contribution in [3.05, 3.63) is 0 Å². The number of amides is 1. The molecule has 0 aromatic heterocycles. The lowest BCUT2D eigenvalue weighted by molar-refractivity contribution is -0.123. The third-order valence-corrected chi connectivity index (χ3v) is 17.4. The molecular weight excluding hydrogens is 1180 g/mol. The lowest BCUT2D eigenvalue weighted by Gasteiger charge is -2.36. The Kier molecular flexibility index (Phi) is 91.9. The van der Waals surface area contributed by atoms with Gasteiger partial charge in [-0.2, -0.15) is 5.26 Å². The molecule has 1 amide bonds. The molecule has 0 spiro atoms. The summed E-state index contributed by atoms with van der Waals surface area (Å²) in [5.74, 6) is 1.55. The fourth-order valence-electron chi connectivity index (χ4n) is 8.72. The number of unbranched alkanes of at least 4 members (excludes halogenated alkanes) is 30. The Morgan fingerprint density at radius 1 is 0.644 bits per heavy atom. The summed E-state index contributed by atoms with van der Waals surface area (Å²) >= 11 is 10.1. The molecule has 0 aliphatic carbocycles. The number of carbonyl (C=O) groups excluding carboxylic acids is 3. The predicted molar refractivity (Wildman–Crippen MR) is 380 cm³/mol. The van der Waals surface area contributed by atoms with Crippen LogP contribution in [0.15, 0.2) is 0 Å². The van der Waals surface area contributed by atoms with Crippen LogP contribution in [0.25, 0.3) is 0 Å². The average molecular weight is 1320 g/mol. The lowest BCUT2D eigenvalue weighted by atomic mass is 9.66. The maximum Gasteiger partial charge on any atom is 0.472 e. The highest BCUT2D eigenvalue weighted by atomic mass is 32.2. The Bertz CT molecular complexity index is 1500. The van der Waals surface area contributed by atoms with Gasteiger partial charge in [-0.3, -0.25) is 18.6 Å². The number of nitrogens with zero attached hydrogens (tertiary/aromatic N) is 1. The van der Waals surface area contributed by atoms with Gasteiger partial charge in [-0.1, -0.05) is 281 Å². The monoisotopic (exact) mass is 1320 g/mol.